The number of nitrogens with one attached hydrogen (secondary N) is 3. The zero-order valence-electron chi connectivity index (χ0n) is 18.6. The van der Waals surface area contributed by atoms with Crippen LogP contribution in [-0.4, -0.2) is 38.0 Å². The van der Waals surface area contributed by atoms with Crippen molar-refractivity contribution in [1.29, 1.82) is 0 Å². The van der Waals surface area contributed by atoms with E-state index in [1.165, 1.54) is 6.21 Å². The Kier molecular flexibility index (Phi) is 7.54. The standard InChI is InChI=1S/C25H25N5O3/c1-17-8-12-19(13-9-17)27-23(31)21-6-4-5-7-22(21)28-24(32)25(33)29-26-16-18-10-14-20(15-11-18)30(2)3/h4-16H,1-3H3,(H,27,31)(H,28,32)(H,29,33)/b26-16+. The van der Waals surface area contributed by atoms with E-state index in [2.05, 4.69) is 21.2 Å². The SMILES string of the molecule is Cc1ccc(NC(=O)c2ccccc2NC(=O)C(=O)N/N=C/c2ccc(N(C)C)cc2)cc1. The Hall–Kier alpha value is -4.46. The lowest BCUT2D eigenvalue weighted by atomic mass is 10.1. The van der Waals surface area contributed by atoms with E-state index in [9.17, 15) is 14.4 Å². The minimum absolute atomic E-state index is 0.213. The zero-order chi connectivity index (χ0) is 23.8. The van der Waals surface area contributed by atoms with Crippen LogP contribution in [0, 0.1) is 6.92 Å². The van der Waals surface area contributed by atoms with Crippen LogP contribution in [0.25, 0.3) is 0 Å². The second-order valence-corrected chi connectivity index (χ2v) is 7.50. The summed E-state index contributed by atoms with van der Waals surface area (Å²) < 4.78 is 0. The van der Waals surface area contributed by atoms with Gasteiger partial charge in [0.25, 0.3) is 5.91 Å². The Morgan fingerprint density at radius 1 is 0.818 bits per heavy atom. The Balaban J connectivity index is 1.60. The first kappa shape index (κ1) is 23.2. The van der Waals surface area contributed by atoms with Crippen molar-refractivity contribution in [3.8, 4) is 0 Å². The van der Waals surface area contributed by atoms with Gasteiger partial charge >= 0.3 is 11.8 Å². The monoisotopic (exact) mass is 443 g/mol. The lowest BCUT2D eigenvalue weighted by Crippen LogP contribution is -2.33. The maximum Gasteiger partial charge on any atom is 0.329 e. The fraction of sp³-hybridized carbons (Fsp3) is 0.120. The highest BCUT2D eigenvalue weighted by Crippen LogP contribution is 2.18. The molecule has 8 nitrogen and oxygen atoms in total. The minimum atomic E-state index is -0.954. The van der Waals surface area contributed by atoms with Crippen LogP contribution in [0.3, 0.4) is 0 Å². The molecule has 0 bridgehead atoms. The van der Waals surface area contributed by atoms with Crippen LogP contribution in [0.4, 0.5) is 17.1 Å². The van der Waals surface area contributed by atoms with Gasteiger partial charge in [0.1, 0.15) is 0 Å². The summed E-state index contributed by atoms with van der Waals surface area (Å²) in [6, 6.07) is 21.3. The van der Waals surface area contributed by atoms with E-state index in [-0.39, 0.29) is 11.3 Å². The van der Waals surface area contributed by atoms with Gasteiger partial charge in [-0.05, 0) is 48.9 Å². The second kappa shape index (κ2) is 10.7. The number of amides is 3. The van der Waals surface area contributed by atoms with Gasteiger partial charge in [-0.3, -0.25) is 14.4 Å². The molecule has 3 rings (SSSR count). The average molecular weight is 444 g/mol. The van der Waals surface area contributed by atoms with Crippen molar-refractivity contribution in [2.45, 2.75) is 6.92 Å². The van der Waals surface area contributed by atoms with E-state index in [1.807, 2.05) is 62.3 Å². The molecular weight excluding hydrogens is 418 g/mol. The van der Waals surface area contributed by atoms with Gasteiger partial charge in [0.15, 0.2) is 0 Å². The molecule has 0 saturated carbocycles. The Bertz CT molecular complexity index is 1170. The van der Waals surface area contributed by atoms with E-state index in [0.29, 0.717) is 5.69 Å². The third kappa shape index (κ3) is 6.51. The van der Waals surface area contributed by atoms with E-state index < -0.39 is 17.7 Å². The first-order valence-electron chi connectivity index (χ1n) is 10.2. The van der Waals surface area contributed by atoms with Crippen LogP contribution in [0.2, 0.25) is 0 Å². The zero-order valence-corrected chi connectivity index (χ0v) is 18.6. The van der Waals surface area contributed by atoms with Crippen molar-refractivity contribution in [2.24, 2.45) is 5.10 Å². The molecule has 33 heavy (non-hydrogen) atoms. The molecule has 0 radical (unpaired) electrons. The van der Waals surface area contributed by atoms with Crippen molar-refractivity contribution in [3.05, 3.63) is 89.5 Å². The number of aryl methyl sites for hydroxylation is 1. The molecule has 0 heterocycles. The van der Waals surface area contributed by atoms with Gasteiger partial charge in [0.05, 0.1) is 17.5 Å². The normalized spacial score (nSPS) is 10.5. The highest BCUT2D eigenvalue weighted by molar-refractivity contribution is 6.40. The lowest BCUT2D eigenvalue weighted by molar-refractivity contribution is -0.136. The number of anilines is 3. The summed E-state index contributed by atoms with van der Waals surface area (Å²) in [6.07, 6.45) is 1.44. The summed E-state index contributed by atoms with van der Waals surface area (Å²) in [6.45, 7) is 1.95. The topological polar surface area (TPSA) is 103 Å². The van der Waals surface area contributed by atoms with Crippen molar-refractivity contribution >= 4 is 41.0 Å². The van der Waals surface area contributed by atoms with Crippen LogP contribution in [0.15, 0.2) is 77.9 Å². The molecule has 3 amide bonds. The number of hydrogen-bond acceptors (Lipinski definition) is 5. The van der Waals surface area contributed by atoms with Gasteiger partial charge < -0.3 is 15.5 Å². The van der Waals surface area contributed by atoms with E-state index in [0.717, 1.165) is 16.8 Å². The molecule has 0 aromatic heterocycles. The lowest BCUT2D eigenvalue weighted by Gasteiger charge is -2.11. The highest BCUT2D eigenvalue weighted by Gasteiger charge is 2.17. The molecule has 3 N–H and O–H groups in total. The summed E-state index contributed by atoms with van der Waals surface area (Å²) in [5.74, 6) is -2.30. The Morgan fingerprint density at radius 2 is 1.48 bits per heavy atom. The van der Waals surface area contributed by atoms with Gasteiger partial charge in [0.2, 0.25) is 0 Å². The fourth-order valence-corrected chi connectivity index (χ4v) is 2.88. The summed E-state index contributed by atoms with van der Waals surface area (Å²) in [5, 5.41) is 9.06. The molecule has 0 fully saturated rings. The predicted molar refractivity (Wildman–Crippen MR) is 131 cm³/mol. The largest absolute Gasteiger partial charge is 0.378 e. The average Bonchev–Trinajstić information content (AvgIpc) is 2.81. The fourth-order valence-electron chi connectivity index (χ4n) is 2.88. The number of hydrazone groups is 1. The minimum Gasteiger partial charge on any atom is -0.378 e. The molecule has 8 heteroatoms. The van der Waals surface area contributed by atoms with Crippen molar-refractivity contribution in [3.63, 3.8) is 0 Å². The molecule has 168 valence electrons. The van der Waals surface area contributed by atoms with Gasteiger partial charge in [-0.2, -0.15) is 5.10 Å². The quantitative estimate of drug-likeness (QED) is 0.309. The Morgan fingerprint density at radius 3 is 2.15 bits per heavy atom. The molecule has 0 aliphatic carbocycles. The molecular formula is C25H25N5O3. The number of hydrogen-bond donors (Lipinski definition) is 3. The van der Waals surface area contributed by atoms with E-state index >= 15 is 0 Å². The van der Waals surface area contributed by atoms with Gasteiger partial charge in [-0.1, -0.05) is 42.0 Å². The van der Waals surface area contributed by atoms with Gasteiger partial charge in [0, 0.05) is 25.5 Å². The van der Waals surface area contributed by atoms with Gasteiger partial charge in [-0.15, -0.1) is 0 Å². The molecule has 0 aliphatic heterocycles. The Labute approximate surface area is 192 Å². The third-order valence-electron chi connectivity index (χ3n) is 4.72. The highest BCUT2D eigenvalue weighted by atomic mass is 16.2. The van der Waals surface area contributed by atoms with Crippen LogP contribution >= 0.6 is 0 Å². The first-order valence-corrected chi connectivity index (χ1v) is 10.2. The smallest absolute Gasteiger partial charge is 0.329 e. The molecule has 0 aliphatic rings. The summed E-state index contributed by atoms with van der Waals surface area (Å²) >= 11 is 0. The van der Waals surface area contributed by atoms with Crippen LogP contribution in [0.1, 0.15) is 21.5 Å². The number of rotatable bonds is 6. The maximum absolute atomic E-state index is 12.7. The molecule has 0 atom stereocenters. The van der Waals surface area contributed by atoms with Crippen molar-refractivity contribution < 1.29 is 14.4 Å². The number of carbonyl (C=O) groups excluding carboxylic acids is 3. The molecule has 3 aromatic carbocycles. The summed E-state index contributed by atoms with van der Waals surface area (Å²) in [5.41, 5.74) is 6.11. The summed E-state index contributed by atoms with van der Waals surface area (Å²) in [7, 11) is 3.87. The third-order valence-corrected chi connectivity index (χ3v) is 4.72. The van der Waals surface area contributed by atoms with Crippen molar-refractivity contribution in [1.82, 2.24) is 5.43 Å². The number of nitrogens with zero attached hydrogens (tertiary/aromatic N) is 2. The van der Waals surface area contributed by atoms with E-state index in [4.69, 9.17) is 0 Å². The van der Waals surface area contributed by atoms with Crippen molar-refractivity contribution in [2.75, 3.05) is 29.6 Å². The molecule has 0 spiro atoms. The van der Waals surface area contributed by atoms with Crippen LogP contribution in [0.5, 0.6) is 0 Å². The summed E-state index contributed by atoms with van der Waals surface area (Å²) in [4.78, 5) is 39.1. The first-order chi connectivity index (χ1) is 15.8. The molecule has 0 saturated heterocycles. The molecule has 0 unspecified atom stereocenters. The van der Waals surface area contributed by atoms with Gasteiger partial charge in [-0.25, -0.2) is 5.43 Å². The second-order valence-electron chi connectivity index (χ2n) is 7.50. The number of para-hydroxylation sites is 1. The number of carbonyl (C=O) groups is 3. The molecule has 3 aromatic rings. The maximum atomic E-state index is 12.7. The van der Waals surface area contributed by atoms with Crippen LogP contribution in [-0.2, 0) is 9.59 Å². The predicted octanol–water partition coefficient (Wildman–Crippen LogP) is 3.40. The van der Waals surface area contributed by atoms with E-state index in [1.54, 1.807) is 36.4 Å². The van der Waals surface area contributed by atoms with Crippen LogP contribution < -0.4 is 21.0 Å². The number of benzene rings is 3.